The normalized spacial score (nSPS) is 10.2. The smallest absolute Gasteiger partial charge is 0.150 e. The van der Waals surface area contributed by atoms with Gasteiger partial charge in [0.2, 0.25) is 0 Å². The van der Waals surface area contributed by atoms with Crippen molar-refractivity contribution in [3.8, 4) is 17.2 Å². The van der Waals surface area contributed by atoms with Gasteiger partial charge < -0.3 is 9.47 Å². The minimum atomic E-state index is 0.635. The first-order valence-corrected chi connectivity index (χ1v) is 6.44. The van der Waals surface area contributed by atoms with Crippen LogP contribution in [0.15, 0.2) is 30.3 Å². The molecule has 0 spiro atoms. The maximum absolute atomic E-state index is 10.6. The van der Waals surface area contributed by atoms with Crippen molar-refractivity contribution >= 4 is 6.29 Å². The molecular formula is C17H18O3. The Bertz CT molecular complexity index is 628. The van der Waals surface area contributed by atoms with Gasteiger partial charge in [-0.05, 0) is 67.8 Å². The molecule has 0 aliphatic heterocycles. The Hall–Kier alpha value is -2.29. The molecule has 0 fully saturated rings. The molecule has 2 rings (SSSR count). The van der Waals surface area contributed by atoms with E-state index in [4.69, 9.17) is 9.47 Å². The molecule has 0 heterocycles. The highest BCUT2D eigenvalue weighted by Gasteiger charge is 2.12. The largest absolute Gasteiger partial charge is 0.496 e. The number of methoxy groups -OCH3 is 1. The van der Waals surface area contributed by atoms with Gasteiger partial charge in [-0.15, -0.1) is 0 Å². The molecule has 0 N–H and O–H groups in total. The molecule has 0 aliphatic rings. The maximum atomic E-state index is 10.6. The summed E-state index contributed by atoms with van der Waals surface area (Å²) in [6.07, 6.45) is 0.816. The molecule has 0 unspecified atom stereocenters. The summed E-state index contributed by atoms with van der Waals surface area (Å²) in [7, 11) is 1.67. The average molecular weight is 270 g/mol. The first-order valence-electron chi connectivity index (χ1n) is 6.44. The highest BCUT2D eigenvalue weighted by molar-refractivity contribution is 5.74. The van der Waals surface area contributed by atoms with E-state index in [1.807, 2.05) is 26.8 Å². The number of rotatable bonds is 4. The molecule has 2 aromatic carbocycles. The van der Waals surface area contributed by atoms with E-state index in [2.05, 4.69) is 0 Å². The molecule has 20 heavy (non-hydrogen) atoms. The molecule has 0 saturated carbocycles. The van der Waals surface area contributed by atoms with Gasteiger partial charge in [0.15, 0.2) is 0 Å². The molecular weight excluding hydrogens is 252 g/mol. The van der Waals surface area contributed by atoms with Crippen molar-refractivity contribution in [3.63, 3.8) is 0 Å². The summed E-state index contributed by atoms with van der Waals surface area (Å²) >= 11 is 0. The Morgan fingerprint density at radius 1 is 1.00 bits per heavy atom. The summed E-state index contributed by atoms with van der Waals surface area (Å²) in [4.78, 5) is 10.6. The zero-order valence-corrected chi connectivity index (χ0v) is 12.2. The summed E-state index contributed by atoms with van der Waals surface area (Å²) < 4.78 is 11.3. The molecule has 0 atom stereocenters. The highest BCUT2D eigenvalue weighted by Crippen LogP contribution is 2.35. The van der Waals surface area contributed by atoms with Crippen LogP contribution in [0.25, 0.3) is 0 Å². The fourth-order valence-electron chi connectivity index (χ4n) is 2.18. The average Bonchev–Trinajstić information content (AvgIpc) is 2.46. The highest BCUT2D eigenvalue weighted by atomic mass is 16.5. The lowest BCUT2D eigenvalue weighted by Crippen LogP contribution is -1.97. The van der Waals surface area contributed by atoms with E-state index >= 15 is 0 Å². The fraction of sp³-hybridized carbons (Fsp3) is 0.235. The van der Waals surface area contributed by atoms with Crippen LogP contribution in [-0.2, 0) is 0 Å². The Kier molecular flexibility index (Phi) is 4.08. The van der Waals surface area contributed by atoms with Crippen LogP contribution in [0.5, 0.6) is 17.2 Å². The Balaban J connectivity index is 2.35. The lowest BCUT2D eigenvalue weighted by atomic mass is 10.0. The predicted molar refractivity (Wildman–Crippen MR) is 79.1 cm³/mol. The number of hydrogen-bond donors (Lipinski definition) is 0. The molecule has 0 aromatic heterocycles. The van der Waals surface area contributed by atoms with E-state index in [9.17, 15) is 4.79 Å². The lowest BCUT2D eigenvalue weighted by Gasteiger charge is -2.16. The van der Waals surface area contributed by atoms with Crippen LogP contribution in [0, 0.1) is 20.8 Å². The van der Waals surface area contributed by atoms with E-state index in [0.29, 0.717) is 11.3 Å². The summed E-state index contributed by atoms with van der Waals surface area (Å²) in [6.45, 7) is 6.02. The van der Waals surface area contributed by atoms with Crippen molar-refractivity contribution in [2.24, 2.45) is 0 Å². The summed E-state index contributed by atoms with van der Waals surface area (Å²) in [6, 6.07) is 9.02. The van der Waals surface area contributed by atoms with E-state index in [1.54, 1.807) is 31.4 Å². The third kappa shape index (κ3) is 2.67. The predicted octanol–water partition coefficient (Wildman–Crippen LogP) is 4.23. The SMILES string of the molecule is COc1c(C)cc(Oc2ccc(C=O)cc2)c(C)c1C. The van der Waals surface area contributed by atoms with Crippen molar-refractivity contribution in [1.29, 1.82) is 0 Å². The number of aryl methyl sites for hydroxylation is 1. The van der Waals surface area contributed by atoms with Crippen LogP contribution in [-0.4, -0.2) is 13.4 Å². The zero-order chi connectivity index (χ0) is 14.7. The number of hydrogen-bond acceptors (Lipinski definition) is 3. The van der Waals surface area contributed by atoms with Gasteiger partial charge in [0, 0.05) is 5.56 Å². The first-order chi connectivity index (χ1) is 9.56. The van der Waals surface area contributed by atoms with E-state index in [1.165, 1.54) is 0 Å². The summed E-state index contributed by atoms with van der Waals surface area (Å²) in [5, 5.41) is 0. The lowest BCUT2D eigenvalue weighted by molar-refractivity contribution is 0.112. The van der Waals surface area contributed by atoms with Gasteiger partial charge in [0.05, 0.1) is 7.11 Å². The summed E-state index contributed by atoms with van der Waals surface area (Å²) in [5.74, 6) is 2.41. The molecule has 3 heteroatoms. The standard InChI is InChI=1S/C17H18O3/c1-11-9-16(12(2)13(3)17(11)19-4)20-15-7-5-14(10-18)6-8-15/h5-10H,1-4H3. The second kappa shape index (κ2) is 5.78. The fourth-order valence-corrected chi connectivity index (χ4v) is 2.18. The second-order valence-electron chi connectivity index (χ2n) is 4.76. The van der Waals surface area contributed by atoms with Crippen LogP contribution < -0.4 is 9.47 Å². The number of carbonyl (C=O) groups excluding carboxylic acids is 1. The van der Waals surface area contributed by atoms with Gasteiger partial charge in [0.1, 0.15) is 23.5 Å². The van der Waals surface area contributed by atoms with Crippen molar-refractivity contribution in [1.82, 2.24) is 0 Å². The van der Waals surface area contributed by atoms with Crippen LogP contribution in [0.4, 0.5) is 0 Å². The maximum Gasteiger partial charge on any atom is 0.150 e. The molecule has 0 amide bonds. The third-order valence-electron chi connectivity index (χ3n) is 3.43. The molecule has 3 nitrogen and oxygen atoms in total. The molecule has 0 bridgehead atoms. The first kappa shape index (κ1) is 14.1. The van der Waals surface area contributed by atoms with Crippen LogP contribution in [0.1, 0.15) is 27.0 Å². The minimum absolute atomic E-state index is 0.635. The van der Waals surface area contributed by atoms with Crippen molar-refractivity contribution in [2.45, 2.75) is 20.8 Å². The Morgan fingerprint density at radius 2 is 1.65 bits per heavy atom. The topological polar surface area (TPSA) is 35.5 Å². The number of aldehydes is 1. The van der Waals surface area contributed by atoms with Gasteiger partial charge in [-0.25, -0.2) is 0 Å². The number of benzene rings is 2. The quantitative estimate of drug-likeness (QED) is 0.780. The Labute approximate surface area is 119 Å². The Morgan fingerprint density at radius 3 is 2.20 bits per heavy atom. The van der Waals surface area contributed by atoms with Crippen molar-refractivity contribution in [3.05, 3.63) is 52.6 Å². The van der Waals surface area contributed by atoms with E-state index in [0.717, 1.165) is 34.5 Å². The van der Waals surface area contributed by atoms with Gasteiger partial charge in [-0.3, -0.25) is 4.79 Å². The van der Waals surface area contributed by atoms with Crippen LogP contribution in [0.3, 0.4) is 0 Å². The molecule has 0 saturated heterocycles. The van der Waals surface area contributed by atoms with E-state index in [-0.39, 0.29) is 0 Å². The van der Waals surface area contributed by atoms with Crippen molar-refractivity contribution in [2.75, 3.05) is 7.11 Å². The van der Waals surface area contributed by atoms with Gasteiger partial charge in [-0.2, -0.15) is 0 Å². The monoisotopic (exact) mass is 270 g/mol. The molecule has 2 aromatic rings. The molecule has 0 aliphatic carbocycles. The molecule has 104 valence electrons. The second-order valence-corrected chi connectivity index (χ2v) is 4.76. The number of ether oxygens (including phenoxy) is 2. The zero-order valence-electron chi connectivity index (χ0n) is 12.2. The van der Waals surface area contributed by atoms with Crippen LogP contribution in [0.2, 0.25) is 0 Å². The number of carbonyl (C=O) groups is 1. The van der Waals surface area contributed by atoms with Gasteiger partial charge in [0.25, 0.3) is 0 Å². The molecule has 0 radical (unpaired) electrons. The van der Waals surface area contributed by atoms with E-state index < -0.39 is 0 Å². The van der Waals surface area contributed by atoms with Gasteiger partial charge in [-0.1, -0.05) is 0 Å². The summed E-state index contributed by atoms with van der Waals surface area (Å²) in [5.41, 5.74) is 3.80. The minimum Gasteiger partial charge on any atom is -0.496 e. The van der Waals surface area contributed by atoms with Crippen LogP contribution >= 0.6 is 0 Å². The third-order valence-corrected chi connectivity index (χ3v) is 3.43. The van der Waals surface area contributed by atoms with Gasteiger partial charge >= 0.3 is 0 Å². The van der Waals surface area contributed by atoms with Crippen molar-refractivity contribution < 1.29 is 14.3 Å².